The summed E-state index contributed by atoms with van der Waals surface area (Å²) in [7, 11) is -1.64. The molecule has 1 N–H and O–H groups in total. The zero-order valence-electron chi connectivity index (χ0n) is 14.8. The number of nitrogens with one attached hydrogen (secondary N) is 1. The van der Waals surface area contributed by atoms with Crippen LogP contribution in [0.2, 0.25) is 0 Å². The van der Waals surface area contributed by atoms with Crippen molar-refractivity contribution in [3.8, 4) is 0 Å². The van der Waals surface area contributed by atoms with Gasteiger partial charge in [-0.2, -0.15) is 0 Å². The second-order valence-corrected chi connectivity index (χ2v) is 8.88. The van der Waals surface area contributed by atoms with Crippen molar-refractivity contribution in [1.82, 2.24) is 9.88 Å². The molecule has 6 heteroatoms. The van der Waals surface area contributed by atoms with Gasteiger partial charge in [0.05, 0.1) is 9.79 Å². The lowest BCUT2D eigenvalue weighted by Gasteiger charge is -2.11. The molecule has 26 heavy (non-hydrogen) atoms. The fraction of sp³-hybridized carbons (Fsp3) is 0.300. The van der Waals surface area contributed by atoms with E-state index in [4.69, 9.17) is 0 Å². The molecule has 3 aromatic rings. The lowest BCUT2D eigenvalue weighted by Crippen LogP contribution is -2.27. The normalized spacial score (nSPS) is 17.9. The summed E-state index contributed by atoms with van der Waals surface area (Å²) in [6.45, 7) is 3.04. The van der Waals surface area contributed by atoms with E-state index in [1.807, 2.05) is 13.1 Å². The maximum atomic E-state index is 13.1. The van der Waals surface area contributed by atoms with Crippen LogP contribution >= 0.6 is 0 Å². The standard InChI is InChI=1S/C20H21FN2O2S/c1-13-11-20-17(9-10-22-13)18-12-16(7-8-19(18)23(20)2)26(24,25)15-5-3-14(21)4-6-15/h3-8,12-13,22H,9-11H2,1-2H3. The van der Waals surface area contributed by atoms with Crippen LogP contribution in [0.3, 0.4) is 0 Å². The zero-order chi connectivity index (χ0) is 18.5. The van der Waals surface area contributed by atoms with Gasteiger partial charge >= 0.3 is 0 Å². The number of nitrogens with zero attached hydrogens (tertiary/aromatic N) is 1. The number of sulfone groups is 1. The van der Waals surface area contributed by atoms with Gasteiger partial charge in [-0.3, -0.25) is 0 Å². The van der Waals surface area contributed by atoms with Crippen molar-refractivity contribution in [2.24, 2.45) is 7.05 Å². The first-order valence-corrected chi connectivity index (χ1v) is 10.2. The molecule has 0 spiro atoms. The molecule has 1 atom stereocenters. The van der Waals surface area contributed by atoms with Gasteiger partial charge in [0.15, 0.2) is 0 Å². The van der Waals surface area contributed by atoms with Gasteiger partial charge in [0.2, 0.25) is 9.84 Å². The molecule has 0 amide bonds. The van der Waals surface area contributed by atoms with Gasteiger partial charge in [0.1, 0.15) is 5.82 Å². The van der Waals surface area contributed by atoms with E-state index >= 15 is 0 Å². The maximum Gasteiger partial charge on any atom is 0.206 e. The zero-order valence-corrected chi connectivity index (χ0v) is 15.6. The Balaban J connectivity index is 1.88. The van der Waals surface area contributed by atoms with E-state index in [0.29, 0.717) is 6.04 Å². The van der Waals surface area contributed by atoms with Gasteiger partial charge in [-0.1, -0.05) is 0 Å². The molecule has 1 aromatic heterocycles. The molecule has 0 aliphatic carbocycles. The van der Waals surface area contributed by atoms with Crippen molar-refractivity contribution >= 4 is 20.7 Å². The second-order valence-electron chi connectivity index (χ2n) is 6.93. The molecule has 0 radical (unpaired) electrons. The highest BCUT2D eigenvalue weighted by atomic mass is 32.2. The van der Waals surface area contributed by atoms with Crippen molar-refractivity contribution in [2.75, 3.05) is 6.54 Å². The van der Waals surface area contributed by atoms with Gasteiger partial charge in [-0.15, -0.1) is 0 Å². The van der Waals surface area contributed by atoms with Crippen molar-refractivity contribution in [1.29, 1.82) is 0 Å². The predicted octanol–water partition coefficient (Wildman–Crippen LogP) is 3.23. The molecule has 1 aliphatic heterocycles. The SMILES string of the molecule is CC1Cc2c(c3cc(S(=O)(=O)c4ccc(F)cc4)ccc3n2C)CCN1. The lowest BCUT2D eigenvalue weighted by molar-refractivity contribution is 0.558. The van der Waals surface area contributed by atoms with E-state index in [-0.39, 0.29) is 9.79 Å². The van der Waals surface area contributed by atoms with E-state index in [0.717, 1.165) is 30.3 Å². The molecule has 136 valence electrons. The average molecular weight is 372 g/mol. The summed E-state index contributed by atoms with van der Waals surface area (Å²) >= 11 is 0. The summed E-state index contributed by atoms with van der Waals surface area (Å²) in [6.07, 6.45) is 1.79. The highest BCUT2D eigenvalue weighted by Gasteiger charge is 2.23. The second kappa shape index (κ2) is 6.21. The highest BCUT2D eigenvalue weighted by Crippen LogP contribution is 2.32. The number of benzene rings is 2. The minimum atomic E-state index is -3.68. The molecule has 1 aliphatic rings. The third-order valence-electron chi connectivity index (χ3n) is 5.21. The van der Waals surface area contributed by atoms with E-state index in [1.165, 1.54) is 35.5 Å². The Morgan fingerprint density at radius 3 is 2.54 bits per heavy atom. The Morgan fingerprint density at radius 1 is 1.12 bits per heavy atom. The van der Waals surface area contributed by atoms with Crippen LogP contribution in [0.15, 0.2) is 52.3 Å². The number of hydrogen-bond acceptors (Lipinski definition) is 3. The Hall–Kier alpha value is -2.18. The molecule has 2 aromatic carbocycles. The summed E-state index contributed by atoms with van der Waals surface area (Å²) in [4.78, 5) is 0.353. The first-order chi connectivity index (χ1) is 12.4. The molecule has 0 saturated carbocycles. The molecule has 4 nitrogen and oxygen atoms in total. The molecule has 1 unspecified atom stereocenters. The van der Waals surface area contributed by atoms with Crippen LogP contribution in [-0.4, -0.2) is 25.6 Å². The maximum absolute atomic E-state index is 13.1. The van der Waals surface area contributed by atoms with E-state index in [2.05, 4.69) is 16.8 Å². The van der Waals surface area contributed by atoms with Crippen LogP contribution in [0.25, 0.3) is 10.9 Å². The molecule has 4 rings (SSSR count). The van der Waals surface area contributed by atoms with Gasteiger partial charge in [-0.25, -0.2) is 12.8 Å². The van der Waals surface area contributed by atoms with Crippen molar-refractivity contribution in [3.05, 3.63) is 59.5 Å². The average Bonchev–Trinajstić information content (AvgIpc) is 2.76. The van der Waals surface area contributed by atoms with Gasteiger partial charge in [0, 0.05) is 36.1 Å². The fourth-order valence-electron chi connectivity index (χ4n) is 3.81. The van der Waals surface area contributed by atoms with Gasteiger partial charge in [0.25, 0.3) is 0 Å². The molecule has 2 heterocycles. The number of hydrogen-bond donors (Lipinski definition) is 1. The van der Waals surface area contributed by atoms with E-state index in [9.17, 15) is 12.8 Å². The summed E-state index contributed by atoms with van der Waals surface area (Å²) < 4.78 is 41.2. The number of rotatable bonds is 2. The Labute approximate surface area is 152 Å². The largest absolute Gasteiger partial charge is 0.347 e. The first kappa shape index (κ1) is 17.2. The first-order valence-electron chi connectivity index (χ1n) is 8.72. The minimum Gasteiger partial charge on any atom is -0.347 e. The number of aryl methyl sites for hydroxylation is 1. The Bertz CT molecular complexity index is 1090. The van der Waals surface area contributed by atoms with Gasteiger partial charge < -0.3 is 9.88 Å². The molecular formula is C20H21FN2O2S. The smallest absolute Gasteiger partial charge is 0.206 e. The van der Waals surface area contributed by atoms with Crippen LogP contribution in [0, 0.1) is 5.82 Å². The van der Waals surface area contributed by atoms with Crippen LogP contribution in [0.5, 0.6) is 0 Å². The van der Waals surface area contributed by atoms with E-state index in [1.54, 1.807) is 12.1 Å². The lowest BCUT2D eigenvalue weighted by atomic mass is 10.1. The summed E-state index contributed by atoms with van der Waals surface area (Å²) in [5.41, 5.74) is 3.52. The minimum absolute atomic E-state index is 0.107. The van der Waals surface area contributed by atoms with E-state index < -0.39 is 15.7 Å². The van der Waals surface area contributed by atoms with Gasteiger partial charge in [-0.05, 0) is 67.9 Å². The fourth-order valence-corrected chi connectivity index (χ4v) is 5.10. The quantitative estimate of drug-likeness (QED) is 0.703. The van der Waals surface area contributed by atoms with Crippen LogP contribution in [-0.2, 0) is 29.7 Å². The monoisotopic (exact) mass is 372 g/mol. The summed E-state index contributed by atoms with van der Waals surface area (Å²) in [5.74, 6) is -0.450. The topological polar surface area (TPSA) is 51.1 Å². The predicted molar refractivity (Wildman–Crippen MR) is 99.6 cm³/mol. The van der Waals surface area contributed by atoms with Crippen LogP contribution in [0.1, 0.15) is 18.2 Å². The summed E-state index contributed by atoms with van der Waals surface area (Å²) in [5, 5.41) is 4.47. The third kappa shape index (κ3) is 2.73. The molecular weight excluding hydrogens is 351 g/mol. The molecule has 0 bridgehead atoms. The van der Waals surface area contributed by atoms with Crippen molar-refractivity contribution < 1.29 is 12.8 Å². The molecule has 0 fully saturated rings. The number of aromatic nitrogens is 1. The third-order valence-corrected chi connectivity index (χ3v) is 6.98. The number of halogens is 1. The van der Waals surface area contributed by atoms with Crippen molar-refractivity contribution in [3.63, 3.8) is 0 Å². The van der Waals surface area contributed by atoms with Crippen LogP contribution in [0.4, 0.5) is 4.39 Å². The number of fused-ring (bicyclic) bond motifs is 3. The highest BCUT2D eigenvalue weighted by molar-refractivity contribution is 7.91. The van der Waals surface area contributed by atoms with Crippen molar-refractivity contribution in [2.45, 2.75) is 35.6 Å². The Morgan fingerprint density at radius 2 is 1.81 bits per heavy atom. The molecule has 0 saturated heterocycles. The Kier molecular flexibility index (Phi) is 4.12. The van der Waals surface area contributed by atoms with Crippen LogP contribution < -0.4 is 5.32 Å². The summed E-state index contributed by atoms with van der Waals surface area (Å²) in [6, 6.07) is 10.6.